The minimum atomic E-state index is 0.611. The third kappa shape index (κ3) is 5.92. The monoisotopic (exact) mass is 727 g/mol. The van der Waals surface area contributed by atoms with Crippen LogP contribution >= 0.6 is 0 Å². The lowest BCUT2D eigenvalue weighted by atomic mass is 9.97. The molecule has 0 fully saturated rings. The van der Waals surface area contributed by atoms with Gasteiger partial charge in [-0.2, -0.15) is 0 Å². The Morgan fingerprint density at radius 1 is 0.298 bits per heavy atom. The SMILES string of the molecule is c1ccc(-c2cccc3oc4c(-c5ccc(-c6nc(-c7cccc(-c8ccc9ccccc9c8)c7)nc(-c7ccc8ccccc8c7)n6)cc5)cccc4c23)cc1. The first kappa shape index (κ1) is 32.7. The van der Waals surface area contributed by atoms with Crippen LogP contribution in [0, 0.1) is 0 Å². The molecular weight excluding hydrogens is 695 g/mol. The normalized spacial score (nSPS) is 11.5. The molecule has 2 aromatic heterocycles. The van der Waals surface area contributed by atoms with Crippen molar-refractivity contribution >= 4 is 43.5 Å². The van der Waals surface area contributed by atoms with Gasteiger partial charge in [0.15, 0.2) is 17.5 Å². The van der Waals surface area contributed by atoms with Gasteiger partial charge in [0.1, 0.15) is 11.2 Å². The van der Waals surface area contributed by atoms with Crippen LogP contribution in [0.25, 0.3) is 111 Å². The zero-order valence-electron chi connectivity index (χ0n) is 30.8. The first-order chi connectivity index (χ1) is 28.2. The lowest BCUT2D eigenvalue weighted by Crippen LogP contribution is -2.00. The summed E-state index contributed by atoms with van der Waals surface area (Å²) in [5.74, 6) is 1.86. The third-order valence-electron chi connectivity index (χ3n) is 10.9. The van der Waals surface area contributed by atoms with E-state index >= 15 is 0 Å². The van der Waals surface area contributed by atoms with Gasteiger partial charge < -0.3 is 4.42 Å². The van der Waals surface area contributed by atoms with Crippen molar-refractivity contribution in [3.05, 3.63) is 200 Å². The molecule has 57 heavy (non-hydrogen) atoms. The first-order valence-electron chi connectivity index (χ1n) is 19.2. The van der Waals surface area contributed by atoms with Gasteiger partial charge in [0.05, 0.1) is 0 Å². The average molecular weight is 728 g/mol. The van der Waals surface area contributed by atoms with Crippen LogP contribution in [0.15, 0.2) is 205 Å². The summed E-state index contributed by atoms with van der Waals surface area (Å²) in [6.07, 6.45) is 0. The molecule has 0 radical (unpaired) electrons. The Balaban J connectivity index is 1.01. The zero-order valence-corrected chi connectivity index (χ0v) is 30.8. The molecule has 0 N–H and O–H groups in total. The van der Waals surface area contributed by atoms with Crippen LogP contribution in [-0.2, 0) is 0 Å². The summed E-state index contributed by atoms with van der Waals surface area (Å²) in [6, 6.07) is 69.9. The second-order valence-corrected chi connectivity index (χ2v) is 14.4. The fourth-order valence-corrected chi connectivity index (χ4v) is 8.03. The van der Waals surface area contributed by atoms with Crippen molar-refractivity contribution in [2.45, 2.75) is 0 Å². The summed E-state index contributed by atoms with van der Waals surface area (Å²) in [5.41, 5.74) is 11.2. The number of nitrogens with zero attached hydrogens (tertiary/aromatic N) is 3. The maximum absolute atomic E-state index is 6.60. The van der Waals surface area contributed by atoms with Gasteiger partial charge in [0.25, 0.3) is 0 Å². The van der Waals surface area contributed by atoms with E-state index in [1.165, 1.54) is 21.7 Å². The minimum absolute atomic E-state index is 0.611. The highest BCUT2D eigenvalue weighted by Crippen LogP contribution is 2.41. The predicted octanol–water partition coefficient (Wildman–Crippen LogP) is 14.1. The largest absolute Gasteiger partial charge is 0.455 e. The average Bonchev–Trinajstić information content (AvgIpc) is 3.68. The number of hydrogen-bond donors (Lipinski definition) is 0. The van der Waals surface area contributed by atoms with Crippen LogP contribution in [0.2, 0.25) is 0 Å². The van der Waals surface area contributed by atoms with E-state index in [1.54, 1.807) is 0 Å². The van der Waals surface area contributed by atoms with Gasteiger partial charge in [-0.3, -0.25) is 0 Å². The highest BCUT2D eigenvalue weighted by Gasteiger charge is 2.17. The van der Waals surface area contributed by atoms with Gasteiger partial charge in [-0.1, -0.05) is 176 Å². The Kier molecular flexibility index (Phi) is 7.78. The maximum Gasteiger partial charge on any atom is 0.164 e. The molecule has 9 aromatic carbocycles. The van der Waals surface area contributed by atoms with Crippen LogP contribution in [0.5, 0.6) is 0 Å². The number of furan rings is 1. The van der Waals surface area contributed by atoms with E-state index < -0.39 is 0 Å². The molecule has 0 aliphatic carbocycles. The zero-order chi connectivity index (χ0) is 37.7. The van der Waals surface area contributed by atoms with E-state index in [1.807, 2.05) is 6.07 Å². The molecule has 11 aromatic rings. The van der Waals surface area contributed by atoms with E-state index in [9.17, 15) is 0 Å². The Morgan fingerprint density at radius 3 is 1.51 bits per heavy atom. The molecule has 0 spiro atoms. The van der Waals surface area contributed by atoms with Gasteiger partial charge >= 0.3 is 0 Å². The summed E-state index contributed by atoms with van der Waals surface area (Å²) in [4.78, 5) is 15.3. The number of benzene rings is 9. The van der Waals surface area contributed by atoms with E-state index in [0.29, 0.717) is 17.5 Å². The van der Waals surface area contributed by atoms with Crippen molar-refractivity contribution in [2.75, 3.05) is 0 Å². The van der Waals surface area contributed by atoms with Crippen molar-refractivity contribution in [3.8, 4) is 67.5 Å². The lowest BCUT2D eigenvalue weighted by Gasteiger charge is -2.11. The Hall–Kier alpha value is -7.69. The van der Waals surface area contributed by atoms with Gasteiger partial charge in [-0.05, 0) is 73.6 Å². The fourth-order valence-electron chi connectivity index (χ4n) is 8.03. The number of aromatic nitrogens is 3. The van der Waals surface area contributed by atoms with Crippen LogP contribution in [0.1, 0.15) is 0 Å². The van der Waals surface area contributed by atoms with Gasteiger partial charge in [0, 0.05) is 33.0 Å². The maximum atomic E-state index is 6.60. The van der Waals surface area contributed by atoms with Crippen LogP contribution in [0.4, 0.5) is 0 Å². The summed E-state index contributed by atoms with van der Waals surface area (Å²) in [6.45, 7) is 0. The Bertz CT molecular complexity index is 3290. The molecule has 0 aliphatic heterocycles. The first-order valence-corrected chi connectivity index (χ1v) is 19.2. The molecule has 0 saturated heterocycles. The van der Waals surface area contributed by atoms with Gasteiger partial charge in [-0.15, -0.1) is 0 Å². The smallest absolute Gasteiger partial charge is 0.164 e. The molecule has 4 nitrogen and oxygen atoms in total. The Labute approximate surface area is 329 Å². The summed E-state index contributed by atoms with van der Waals surface area (Å²) >= 11 is 0. The summed E-state index contributed by atoms with van der Waals surface area (Å²) in [7, 11) is 0. The lowest BCUT2D eigenvalue weighted by molar-refractivity contribution is 0.670. The topological polar surface area (TPSA) is 51.8 Å². The number of rotatable bonds is 6. The molecular formula is C53H33N3O. The molecule has 0 unspecified atom stereocenters. The Morgan fingerprint density at radius 2 is 0.772 bits per heavy atom. The fraction of sp³-hybridized carbons (Fsp3) is 0. The van der Waals surface area contributed by atoms with Crippen LogP contribution in [0.3, 0.4) is 0 Å². The molecule has 4 heteroatoms. The van der Waals surface area contributed by atoms with E-state index in [-0.39, 0.29) is 0 Å². The molecule has 0 bridgehead atoms. The van der Waals surface area contributed by atoms with Crippen LogP contribution in [-0.4, -0.2) is 15.0 Å². The van der Waals surface area contributed by atoms with Crippen LogP contribution < -0.4 is 0 Å². The molecule has 0 aliphatic rings. The van der Waals surface area contributed by atoms with Crippen molar-refractivity contribution in [3.63, 3.8) is 0 Å². The second kappa shape index (κ2) is 13.6. The molecule has 2 heterocycles. The summed E-state index contributed by atoms with van der Waals surface area (Å²) < 4.78 is 6.60. The molecule has 0 saturated carbocycles. The van der Waals surface area contributed by atoms with Gasteiger partial charge in [-0.25, -0.2) is 15.0 Å². The quantitative estimate of drug-likeness (QED) is 0.171. The molecule has 11 rings (SSSR count). The highest BCUT2D eigenvalue weighted by atomic mass is 16.3. The standard InChI is InChI=1S/C53H33N3O/c1-2-13-36(14-3-1)45-19-10-22-48-49(45)47-21-9-20-46(50(47)57-48)37-25-27-38(28-26-37)51-54-52(56-53(55-51)44-30-24-35-12-5-7-16-40(35)32-44)43-18-8-17-41(33-43)42-29-23-34-11-4-6-15-39(34)31-42/h1-33H. The molecule has 266 valence electrons. The minimum Gasteiger partial charge on any atom is -0.455 e. The number of fused-ring (bicyclic) bond motifs is 5. The number of hydrogen-bond acceptors (Lipinski definition) is 4. The van der Waals surface area contributed by atoms with E-state index in [2.05, 4.69) is 194 Å². The molecule has 0 atom stereocenters. The molecule has 0 amide bonds. The second-order valence-electron chi connectivity index (χ2n) is 14.4. The van der Waals surface area contributed by atoms with Crippen molar-refractivity contribution in [1.29, 1.82) is 0 Å². The summed E-state index contributed by atoms with van der Waals surface area (Å²) in [5, 5.41) is 6.96. The number of para-hydroxylation sites is 1. The van der Waals surface area contributed by atoms with Gasteiger partial charge in [0.2, 0.25) is 0 Å². The van der Waals surface area contributed by atoms with E-state index in [4.69, 9.17) is 19.4 Å². The van der Waals surface area contributed by atoms with Crippen molar-refractivity contribution in [2.24, 2.45) is 0 Å². The third-order valence-corrected chi connectivity index (χ3v) is 10.9. The van der Waals surface area contributed by atoms with E-state index in [0.717, 1.165) is 71.8 Å². The van der Waals surface area contributed by atoms with Crippen molar-refractivity contribution in [1.82, 2.24) is 15.0 Å². The highest BCUT2D eigenvalue weighted by molar-refractivity contribution is 6.15. The van der Waals surface area contributed by atoms with Crippen molar-refractivity contribution < 1.29 is 4.42 Å². The predicted molar refractivity (Wildman–Crippen MR) is 235 cm³/mol.